The molecule has 1 aromatic carbocycles. The van der Waals surface area contributed by atoms with Gasteiger partial charge in [0.25, 0.3) is 0 Å². The average Bonchev–Trinajstić information content (AvgIpc) is 2.56. The van der Waals surface area contributed by atoms with E-state index in [2.05, 4.69) is 61.4 Å². The number of rotatable bonds is 7. The Morgan fingerprint density at radius 3 is 2.43 bits per heavy atom. The predicted molar refractivity (Wildman–Crippen MR) is 91.6 cm³/mol. The van der Waals surface area contributed by atoms with E-state index in [-0.39, 0.29) is 0 Å². The second kappa shape index (κ2) is 8.55. The van der Waals surface area contributed by atoms with Crippen molar-refractivity contribution in [2.75, 3.05) is 13.6 Å². The van der Waals surface area contributed by atoms with E-state index >= 15 is 0 Å². The number of nitrogens with zero attached hydrogens (tertiary/aromatic N) is 1. The van der Waals surface area contributed by atoms with Crippen molar-refractivity contribution < 1.29 is 0 Å². The average molecular weight is 288 g/mol. The maximum absolute atomic E-state index is 3.76. The quantitative estimate of drug-likeness (QED) is 0.801. The summed E-state index contributed by atoms with van der Waals surface area (Å²) < 4.78 is 0. The van der Waals surface area contributed by atoms with Gasteiger partial charge in [-0.3, -0.25) is 4.90 Å². The topological polar surface area (TPSA) is 15.3 Å². The number of hydrogen-bond acceptors (Lipinski definition) is 2. The lowest BCUT2D eigenvalue weighted by molar-refractivity contribution is 0.120. The minimum absolute atomic E-state index is 0.429. The van der Waals surface area contributed by atoms with Crippen molar-refractivity contribution in [3.05, 3.63) is 35.9 Å². The Morgan fingerprint density at radius 1 is 1.14 bits per heavy atom. The van der Waals surface area contributed by atoms with Crippen molar-refractivity contribution in [3.63, 3.8) is 0 Å². The number of hydrogen-bond donors (Lipinski definition) is 1. The molecule has 2 heteroatoms. The highest BCUT2D eigenvalue weighted by molar-refractivity contribution is 5.20. The molecule has 0 spiro atoms. The van der Waals surface area contributed by atoms with Crippen LogP contribution in [-0.2, 0) is 0 Å². The van der Waals surface area contributed by atoms with Crippen molar-refractivity contribution in [1.29, 1.82) is 0 Å². The Balaban J connectivity index is 2.07. The van der Waals surface area contributed by atoms with Crippen LogP contribution in [0.4, 0.5) is 0 Å². The van der Waals surface area contributed by atoms with E-state index in [4.69, 9.17) is 0 Å². The highest BCUT2D eigenvalue weighted by Crippen LogP contribution is 2.27. The molecule has 0 aromatic heterocycles. The lowest BCUT2D eigenvalue weighted by atomic mass is 9.91. The van der Waals surface area contributed by atoms with Gasteiger partial charge in [-0.15, -0.1) is 0 Å². The van der Waals surface area contributed by atoms with Crippen LogP contribution in [0.1, 0.15) is 64.0 Å². The smallest absolute Gasteiger partial charge is 0.0475 e. The van der Waals surface area contributed by atoms with Crippen molar-refractivity contribution >= 4 is 0 Å². The molecule has 1 aliphatic carbocycles. The minimum atomic E-state index is 0.429. The van der Waals surface area contributed by atoms with E-state index in [0.29, 0.717) is 12.1 Å². The normalized spacial score (nSPS) is 19.6. The van der Waals surface area contributed by atoms with Crippen LogP contribution in [-0.4, -0.2) is 30.6 Å². The fourth-order valence-corrected chi connectivity index (χ4v) is 3.58. The highest BCUT2D eigenvalue weighted by atomic mass is 15.2. The minimum Gasteiger partial charge on any atom is -0.309 e. The number of nitrogens with one attached hydrogen (secondary N) is 1. The van der Waals surface area contributed by atoms with E-state index in [0.717, 1.165) is 12.6 Å². The van der Waals surface area contributed by atoms with Gasteiger partial charge in [0.1, 0.15) is 0 Å². The first-order chi connectivity index (χ1) is 10.2. The van der Waals surface area contributed by atoms with Crippen LogP contribution in [0.15, 0.2) is 30.3 Å². The van der Waals surface area contributed by atoms with E-state index in [1.54, 1.807) is 0 Å². The van der Waals surface area contributed by atoms with Crippen molar-refractivity contribution in [3.8, 4) is 0 Å². The molecule has 1 saturated carbocycles. The summed E-state index contributed by atoms with van der Waals surface area (Å²) in [6, 6.07) is 12.7. The van der Waals surface area contributed by atoms with Gasteiger partial charge in [0.2, 0.25) is 0 Å². The molecule has 2 unspecified atom stereocenters. The third-order valence-electron chi connectivity index (χ3n) is 5.05. The summed E-state index contributed by atoms with van der Waals surface area (Å²) in [5.74, 6) is 0. The van der Waals surface area contributed by atoms with Gasteiger partial charge >= 0.3 is 0 Å². The van der Waals surface area contributed by atoms with Gasteiger partial charge < -0.3 is 5.32 Å². The summed E-state index contributed by atoms with van der Waals surface area (Å²) in [7, 11) is 2.32. The van der Waals surface area contributed by atoms with Crippen LogP contribution < -0.4 is 5.32 Å². The van der Waals surface area contributed by atoms with Crippen LogP contribution in [0.2, 0.25) is 0 Å². The SMILES string of the molecule is CCCNC(c1ccccc1)C(C)N(C)C1CCCCC1. The zero-order chi connectivity index (χ0) is 15.1. The van der Waals surface area contributed by atoms with Crippen molar-refractivity contribution in [2.24, 2.45) is 0 Å². The summed E-state index contributed by atoms with van der Waals surface area (Å²) in [5, 5.41) is 3.76. The van der Waals surface area contributed by atoms with Crippen LogP contribution in [0.25, 0.3) is 0 Å². The molecule has 0 amide bonds. The molecule has 1 aromatic rings. The molecular formula is C19H32N2. The molecule has 118 valence electrons. The first-order valence-corrected chi connectivity index (χ1v) is 8.74. The van der Waals surface area contributed by atoms with Gasteiger partial charge in [-0.25, -0.2) is 0 Å². The van der Waals surface area contributed by atoms with Crippen LogP contribution in [0.3, 0.4) is 0 Å². The first kappa shape index (κ1) is 16.5. The van der Waals surface area contributed by atoms with Crippen LogP contribution in [0.5, 0.6) is 0 Å². The molecule has 2 rings (SSSR count). The van der Waals surface area contributed by atoms with Gasteiger partial charge in [0.05, 0.1) is 0 Å². The molecular weight excluding hydrogens is 256 g/mol. The summed E-state index contributed by atoms with van der Waals surface area (Å²) >= 11 is 0. The highest BCUT2D eigenvalue weighted by Gasteiger charge is 2.27. The van der Waals surface area contributed by atoms with Gasteiger partial charge in [0, 0.05) is 18.1 Å². The van der Waals surface area contributed by atoms with Gasteiger partial charge in [0.15, 0.2) is 0 Å². The van der Waals surface area contributed by atoms with Gasteiger partial charge in [-0.05, 0) is 45.3 Å². The maximum atomic E-state index is 3.76. The number of benzene rings is 1. The molecule has 1 fully saturated rings. The fraction of sp³-hybridized carbons (Fsp3) is 0.684. The van der Waals surface area contributed by atoms with E-state index < -0.39 is 0 Å². The van der Waals surface area contributed by atoms with Crippen molar-refractivity contribution in [1.82, 2.24) is 10.2 Å². The molecule has 2 nitrogen and oxygen atoms in total. The Labute approximate surface area is 130 Å². The second-order valence-electron chi connectivity index (χ2n) is 6.54. The zero-order valence-electron chi connectivity index (χ0n) is 14.0. The second-order valence-corrected chi connectivity index (χ2v) is 6.54. The third-order valence-corrected chi connectivity index (χ3v) is 5.05. The molecule has 0 bridgehead atoms. The standard InChI is InChI=1S/C19H32N2/c1-4-15-20-19(17-11-7-5-8-12-17)16(2)21(3)18-13-9-6-10-14-18/h5,7-8,11-12,16,18-20H,4,6,9-10,13-15H2,1-3H3. The molecule has 0 aliphatic heterocycles. The molecule has 1 N–H and O–H groups in total. The Hall–Kier alpha value is -0.860. The monoisotopic (exact) mass is 288 g/mol. The Bertz CT molecular complexity index is 384. The van der Waals surface area contributed by atoms with Gasteiger partial charge in [-0.1, -0.05) is 56.5 Å². The lowest BCUT2D eigenvalue weighted by Gasteiger charge is -2.39. The van der Waals surface area contributed by atoms with E-state index in [1.165, 1.54) is 44.1 Å². The summed E-state index contributed by atoms with van der Waals surface area (Å²) in [5.41, 5.74) is 1.42. The fourth-order valence-electron chi connectivity index (χ4n) is 3.58. The Kier molecular flexibility index (Phi) is 6.72. The predicted octanol–water partition coefficient (Wildman–Crippen LogP) is 4.38. The van der Waals surface area contributed by atoms with E-state index in [9.17, 15) is 0 Å². The number of likely N-dealkylation sites (N-methyl/N-ethyl adjacent to an activating group) is 1. The molecule has 2 atom stereocenters. The Morgan fingerprint density at radius 2 is 1.81 bits per heavy atom. The van der Waals surface area contributed by atoms with Crippen LogP contribution >= 0.6 is 0 Å². The molecule has 0 saturated heterocycles. The van der Waals surface area contributed by atoms with Crippen LogP contribution in [0, 0.1) is 0 Å². The summed E-state index contributed by atoms with van der Waals surface area (Å²) in [6.07, 6.45) is 8.16. The zero-order valence-corrected chi connectivity index (χ0v) is 14.0. The molecule has 21 heavy (non-hydrogen) atoms. The first-order valence-electron chi connectivity index (χ1n) is 8.74. The van der Waals surface area contributed by atoms with Crippen molar-refractivity contribution in [2.45, 2.75) is 70.5 Å². The summed E-state index contributed by atoms with van der Waals surface area (Å²) in [6.45, 7) is 5.71. The lowest BCUT2D eigenvalue weighted by Crippen LogP contribution is -2.46. The maximum Gasteiger partial charge on any atom is 0.0475 e. The van der Waals surface area contributed by atoms with Gasteiger partial charge in [-0.2, -0.15) is 0 Å². The summed E-state index contributed by atoms with van der Waals surface area (Å²) in [4.78, 5) is 2.62. The largest absolute Gasteiger partial charge is 0.309 e. The molecule has 1 aliphatic rings. The van der Waals surface area contributed by atoms with E-state index in [1.807, 2.05) is 0 Å². The molecule has 0 radical (unpaired) electrons. The third kappa shape index (κ3) is 4.55. The molecule has 0 heterocycles.